The van der Waals surface area contributed by atoms with E-state index >= 15 is 0 Å². The van der Waals surface area contributed by atoms with Crippen LogP contribution in [0.3, 0.4) is 0 Å². The Hall–Kier alpha value is -2.07. The highest BCUT2D eigenvalue weighted by Crippen LogP contribution is 2.13. The minimum atomic E-state index is -0.689. The smallest absolute Gasteiger partial charge is 0.412 e. The number of amides is 1. The number of aliphatic hydroxyl groups is 1. The summed E-state index contributed by atoms with van der Waals surface area (Å²) in [7, 11) is 1.22. The summed E-state index contributed by atoms with van der Waals surface area (Å²) in [6.07, 6.45) is 0.618. The van der Waals surface area contributed by atoms with E-state index in [4.69, 9.17) is 10.4 Å². The van der Waals surface area contributed by atoms with Crippen molar-refractivity contribution >= 4 is 11.9 Å². The lowest BCUT2D eigenvalue weighted by molar-refractivity contribution is 0.186. The lowest BCUT2D eigenvalue weighted by Gasteiger charge is -2.06. The highest BCUT2D eigenvalue weighted by molar-refractivity contribution is 5.85. The number of nitrogens with zero attached hydrogens (tertiary/aromatic N) is 3. The molecule has 1 aromatic heterocycles. The van der Waals surface area contributed by atoms with Crippen LogP contribution in [0.15, 0.2) is 6.20 Å². The van der Waals surface area contributed by atoms with Crippen LogP contribution < -0.4 is 5.32 Å². The fourth-order valence-corrected chi connectivity index (χ4v) is 1.01. The van der Waals surface area contributed by atoms with Crippen LogP contribution >= 0.6 is 0 Å². The number of carbonyl (C=O) groups excluding carboxylic acids is 1. The van der Waals surface area contributed by atoms with Gasteiger partial charge in [0.1, 0.15) is 11.6 Å². The number of anilines is 1. The van der Waals surface area contributed by atoms with Gasteiger partial charge in [-0.05, 0) is 0 Å². The molecule has 7 nitrogen and oxygen atoms in total. The zero-order chi connectivity index (χ0) is 11.3. The minimum Gasteiger partial charge on any atom is -0.453 e. The molecule has 1 aromatic rings. The predicted octanol–water partition coefficient (Wildman–Crippen LogP) is -0.0746. The highest BCUT2D eigenvalue weighted by atomic mass is 16.5. The number of hydrogen-bond acceptors (Lipinski definition) is 5. The van der Waals surface area contributed by atoms with Gasteiger partial charge in [-0.3, -0.25) is 5.32 Å². The van der Waals surface area contributed by atoms with Crippen LogP contribution in [-0.4, -0.2) is 34.7 Å². The maximum atomic E-state index is 11.0. The fourth-order valence-electron chi connectivity index (χ4n) is 1.01. The molecule has 0 unspecified atom stereocenters. The second-order valence-electron chi connectivity index (χ2n) is 2.58. The van der Waals surface area contributed by atoms with E-state index in [9.17, 15) is 4.79 Å². The molecule has 0 saturated carbocycles. The first-order valence-corrected chi connectivity index (χ1v) is 4.14. The van der Waals surface area contributed by atoms with Crippen molar-refractivity contribution in [1.29, 1.82) is 5.26 Å². The van der Waals surface area contributed by atoms with E-state index in [0.29, 0.717) is 0 Å². The van der Waals surface area contributed by atoms with E-state index in [2.05, 4.69) is 15.2 Å². The molecular formula is C8H10N4O3. The van der Waals surface area contributed by atoms with Gasteiger partial charge >= 0.3 is 6.09 Å². The highest BCUT2D eigenvalue weighted by Gasteiger charge is 2.13. The average molecular weight is 210 g/mol. The van der Waals surface area contributed by atoms with Crippen LogP contribution in [0, 0.1) is 11.3 Å². The van der Waals surface area contributed by atoms with Gasteiger partial charge in [-0.25, -0.2) is 9.48 Å². The van der Waals surface area contributed by atoms with E-state index in [0.717, 1.165) is 0 Å². The maximum absolute atomic E-state index is 11.0. The molecule has 0 aromatic carbocycles. The summed E-state index contributed by atoms with van der Waals surface area (Å²) < 4.78 is 5.71. The van der Waals surface area contributed by atoms with Gasteiger partial charge < -0.3 is 9.84 Å². The third kappa shape index (κ3) is 2.45. The van der Waals surface area contributed by atoms with Crippen LogP contribution in [0.4, 0.5) is 10.6 Å². The SMILES string of the molecule is COC(=O)Nc1c(C#N)cnn1CCO. The van der Waals surface area contributed by atoms with E-state index in [1.54, 1.807) is 0 Å². The van der Waals surface area contributed by atoms with Crippen LogP contribution in [0.2, 0.25) is 0 Å². The van der Waals surface area contributed by atoms with Gasteiger partial charge in [-0.15, -0.1) is 0 Å². The molecular weight excluding hydrogens is 200 g/mol. The quantitative estimate of drug-likeness (QED) is 0.727. The topological polar surface area (TPSA) is 100 Å². The van der Waals surface area contributed by atoms with Crippen molar-refractivity contribution in [2.45, 2.75) is 6.54 Å². The van der Waals surface area contributed by atoms with Crippen molar-refractivity contribution in [2.24, 2.45) is 0 Å². The molecule has 0 fully saturated rings. The third-order valence-electron chi connectivity index (χ3n) is 1.68. The number of nitrogens with one attached hydrogen (secondary N) is 1. The van der Waals surface area contributed by atoms with Gasteiger partial charge in [0.2, 0.25) is 0 Å². The van der Waals surface area contributed by atoms with E-state index in [-0.39, 0.29) is 24.5 Å². The Balaban J connectivity index is 2.95. The molecule has 1 amide bonds. The molecule has 0 saturated heterocycles. The first kappa shape index (κ1) is 11.0. The Morgan fingerprint density at radius 2 is 2.60 bits per heavy atom. The first-order chi connectivity index (χ1) is 7.22. The first-order valence-electron chi connectivity index (χ1n) is 4.14. The van der Waals surface area contributed by atoms with Crippen molar-refractivity contribution in [2.75, 3.05) is 19.0 Å². The maximum Gasteiger partial charge on any atom is 0.412 e. The number of methoxy groups -OCH3 is 1. The molecule has 0 spiro atoms. The largest absolute Gasteiger partial charge is 0.453 e. The van der Waals surface area contributed by atoms with Crippen molar-refractivity contribution < 1.29 is 14.6 Å². The minimum absolute atomic E-state index is 0.137. The summed E-state index contributed by atoms with van der Waals surface area (Å²) in [4.78, 5) is 11.0. The zero-order valence-corrected chi connectivity index (χ0v) is 8.10. The summed E-state index contributed by atoms with van der Waals surface area (Å²) in [5, 5.41) is 23.6. The van der Waals surface area contributed by atoms with Crippen LogP contribution in [0.25, 0.3) is 0 Å². The fraction of sp³-hybridized carbons (Fsp3) is 0.375. The Labute approximate surface area is 85.9 Å². The van der Waals surface area contributed by atoms with Gasteiger partial charge in [-0.2, -0.15) is 10.4 Å². The van der Waals surface area contributed by atoms with Crippen molar-refractivity contribution in [3.8, 4) is 6.07 Å². The Kier molecular flexibility index (Phi) is 3.65. The third-order valence-corrected chi connectivity index (χ3v) is 1.68. The Bertz CT molecular complexity index is 393. The molecule has 0 aliphatic heterocycles. The molecule has 15 heavy (non-hydrogen) atoms. The molecule has 0 bridgehead atoms. The monoisotopic (exact) mass is 210 g/mol. The molecule has 7 heteroatoms. The predicted molar refractivity (Wildman–Crippen MR) is 50.1 cm³/mol. The standard InChI is InChI=1S/C8H10N4O3/c1-15-8(14)11-7-6(4-9)5-10-12(7)2-3-13/h5,13H,2-3H2,1H3,(H,11,14). The second kappa shape index (κ2) is 4.97. The van der Waals surface area contributed by atoms with Crippen molar-refractivity contribution in [3.05, 3.63) is 11.8 Å². The number of aliphatic hydroxyl groups excluding tert-OH is 1. The van der Waals surface area contributed by atoms with Crippen LogP contribution in [0.1, 0.15) is 5.56 Å². The normalized spacial score (nSPS) is 9.40. The molecule has 1 rings (SSSR count). The van der Waals surface area contributed by atoms with Crippen molar-refractivity contribution in [1.82, 2.24) is 9.78 Å². The molecule has 2 N–H and O–H groups in total. The summed E-state index contributed by atoms with van der Waals surface area (Å²) >= 11 is 0. The Morgan fingerprint density at radius 1 is 1.87 bits per heavy atom. The number of carbonyl (C=O) groups is 1. The van der Waals surface area contributed by atoms with Gasteiger partial charge in [0.05, 0.1) is 26.5 Å². The Morgan fingerprint density at radius 3 is 3.13 bits per heavy atom. The van der Waals surface area contributed by atoms with Gasteiger partial charge in [0.25, 0.3) is 0 Å². The van der Waals surface area contributed by atoms with Crippen LogP contribution in [0.5, 0.6) is 0 Å². The van der Waals surface area contributed by atoms with Crippen molar-refractivity contribution in [3.63, 3.8) is 0 Å². The number of nitriles is 1. The van der Waals surface area contributed by atoms with Crippen LogP contribution in [-0.2, 0) is 11.3 Å². The van der Waals surface area contributed by atoms with E-state index in [1.165, 1.54) is 18.0 Å². The van der Waals surface area contributed by atoms with E-state index < -0.39 is 6.09 Å². The molecule has 1 heterocycles. The summed E-state index contributed by atoms with van der Waals surface area (Å²) in [5.41, 5.74) is 0.217. The summed E-state index contributed by atoms with van der Waals surface area (Å²) in [6.45, 7) is 0.0589. The number of aromatic nitrogens is 2. The number of rotatable bonds is 3. The summed E-state index contributed by atoms with van der Waals surface area (Å²) in [5.74, 6) is 0.221. The molecule has 0 aliphatic carbocycles. The average Bonchev–Trinajstić information content (AvgIpc) is 2.61. The van der Waals surface area contributed by atoms with E-state index in [1.807, 2.05) is 6.07 Å². The number of ether oxygens (including phenoxy) is 1. The van der Waals surface area contributed by atoms with Gasteiger partial charge in [0.15, 0.2) is 5.82 Å². The molecule has 0 radical (unpaired) electrons. The van der Waals surface area contributed by atoms with Gasteiger partial charge in [0, 0.05) is 0 Å². The lowest BCUT2D eigenvalue weighted by atomic mass is 10.3. The number of hydrogen-bond donors (Lipinski definition) is 2. The molecule has 0 atom stereocenters. The second-order valence-corrected chi connectivity index (χ2v) is 2.58. The molecule has 80 valence electrons. The van der Waals surface area contributed by atoms with Gasteiger partial charge in [-0.1, -0.05) is 0 Å². The molecule has 0 aliphatic rings. The zero-order valence-electron chi connectivity index (χ0n) is 8.10. The summed E-state index contributed by atoms with van der Waals surface area (Å²) in [6, 6.07) is 1.87. The lowest BCUT2D eigenvalue weighted by Crippen LogP contribution is -2.17.